The van der Waals surface area contributed by atoms with Crippen LogP contribution in [0, 0.1) is 11.3 Å². The van der Waals surface area contributed by atoms with Gasteiger partial charge in [-0.2, -0.15) is 0 Å². The van der Waals surface area contributed by atoms with Crippen molar-refractivity contribution < 1.29 is 14.2 Å². The standard InChI is InChI=1S/C19H24O3/c1-18-9-8-14(19(2,12-18)22-5)11-15(18)13-6-7-16(20-3)17(10-13)21-4/h6-11,14H,12H2,1-5H3. The van der Waals surface area contributed by atoms with E-state index in [-0.39, 0.29) is 11.0 Å². The van der Waals surface area contributed by atoms with Crippen molar-refractivity contribution in [2.24, 2.45) is 11.3 Å². The molecule has 0 spiro atoms. The zero-order valence-electron chi connectivity index (χ0n) is 14.0. The molecule has 0 N–H and O–H groups in total. The SMILES string of the molecule is COc1ccc(C2=CC3C=CC2(C)CC3(C)OC)cc1OC. The normalized spacial score (nSPS) is 32.8. The van der Waals surface area contributed by atoms with Crippen molar-refractivity contribution in [1.29, 1.82) is 0 Å². The third kappa shape index (κ3) is 2.15. The highest BCUT2D eigenvalue weighted by molar-refractivity contribution is 5.76. The number of allylic oxidation sites excluding steroid dienone is 2. The van der Waals surface area contributed by atoms with E-state index >= 15 is 0 Å². The topological polar surface area (TPSA) is 27.7 Å². The third-order valence-electron chi connectivity index (χ3n) is 5.22. The van der Waals surface area contributed by atoms with Crippen LogP contribution >= 0.6 is 0 Å². The van der Waals surface area contributed by atoms with Crippen molar-refractivity contribution in [3.63, 3.8) is 0 Å². The minimum Gasteiger partial charge on any atom is -0.493 e. The zero-order valence-corrected chi connectivity index (χ0v) is 14.0. The van der Waals surface area contributed by atoms with Gasteiger partial charge in [0.2, 0.25) is 0 Å². The Kier molecular flexibility index (Phi) is 3.56. The molecule has 3 unspecified atom stereocenters. The number of fused-ring (bicyclic) bond motifs is 1. The average Bonchev–Trinajstić information content (AvgIpc) is 2.53. The van der Waals surface area contributed by atoms with Crippen LogP contribution in [0.4, 0.5) is 0 Å². The Balaban J connectivity index is 2.05. The number of ether oxygens (including phenoxy) is 3. The molecule has 0 aliphatic heterocycles. The molecule has 0 heterocycles. The van der Waals surface area contributed by atoms with Crippen LogP contribution in [0.2, 0.25) is 0 Å². The molecule has 0 saturated heterocycles. The summed E-state index contributed by atoms with van der Waals surface area (Å²) in [6.07, 6.45) is 7.92. The summed E-state index contributed by atoms with van der Waals surface area (Å²) in [5, 5.41) is 0. The molecule has 1 aromatic rings. The van der Waals surface area contributed by atoms with Crippen molar-refractivity contribution in [2.45, 2.75) is 25.9 Å². The molecule has 0 fully saturated rings. The van der Waals surface area contributed by atoms with Crippen LogP contribution in [0.5, 0.6) is 11.5 Å². The van der Waals surface area contributed by atoms with E-state index in [4.69, 9.17) is 14.2 Å². The number of benzene rings is 1. The molecular weight excluding hydrogens is 276 g/mol. The maximum atomic E-state index is 5.80. The molecule has 4 rings (SSSR count). The maximum absolute atomic E-state index is 5.80. The molecule has 3 aliphatic rings. The van der Waals surface area contributed by atoms with Crippen LogP contribution in [0.25, 0.3) is 5.57 Å². The Labute approximate surface area is 132 Å². The number of methoxy groups -OCH3 is 3. The molecule has 0 aromatic heterocycles. The molecule has 3 nitrogen and oxygen atoms in total. The smallest absolute Gasteiger partial charge is 0.161 e. The second-order valence-corrected chi connectivity index (χ2v) is 6.65. The zero-order chi connectivity index (χ0) is 16.0. The second-order valence-electron chi connectivity index (χ2n) is 6.65. The Hall–Kier alpha value is -1.74. The highest BCUT2D eigenvalue weighted by Crippen LogP contribution is 2.55. The largest absolute Gasteiger partial charge is 0.493 e. The van der Waals surface area contributed by atoms with Crippen LogP contribution in [0.3, 0.4) is 0 Å². The van der Waals surface area contributed by atoms with Gasteiger partial charge in [-0.3, -0.25) is 0 Å². The predicted octanol–water partition coefficient (Wildman–Crippen LogP) is 4.09. The average molecular weight is 300 g/mol. The van der Waals surface area contributed by atoms with Crippen LogP contribution in [0.1, 0.15) is 25.8 Å². The van der Waals surface area contributed by atoms with Crippen LogP contribution in [0.15, 0.2) is 36.4 Å². The van der Waals surface area contributed by atoms with E-state index in [0.29, 0.717) is 5.92 Å². The maximum Gasteiger partial charge on any atom is 0.161 e. The van der Waals surface area contributed by atoms with E-state index < -0.39 is 0 Å². The Morgan fingerprint density at radius 2 is 1.77 bits per heavy atom. The van der Waals surface area contributed by atoms with Gasteiger partial charge in [0.15, 0.2) is 11.5 Å². The molecule has 0 radical (unpaired) electrons. The van der Waals surface area contributed by atoms with Crippen molar-refractivity contribution in [3.8, 4) is 11.5 Å². The quantitative estimate of drug-likeness (QED) is 0.784. The molecule has 3 atom stereocenters. The van der Waals surface area contributed by atoms with E-state index in [1.54, 1.807) is 14.2 Å². The molecule has 3 heteroatoms. The molecule has 2 bridgehead atoms. The second kappa shape index (κ2) is 5.17. The number of hydrogen-bond acceptors (Lipinski definition) is 3. The fourth-order valence-electron chi connectivity index (χ4n) is 3.85. The summed E-state index contributed by atoms with van der Waals surface area (Å²) in [5.74, 6) is 1.84. The van der Waals surface area contributed by atoms with Crippen LogP contribution in [-0.4, -0.2) is 26.9 Å². The van der Waals surface area contributed by atoms with E-state index in [1.165, 1.54) is 11.1 Å². The summed E-state index contributed by atoms with van der Waals surface area (Å²) in [4.78, 5) is 0. The Bertz CT molecular complexity index is 646. The first kappa shape index (κ1) is 15.2. The van der Waals surface area contributed by atoms with Gasteiger partial charge in [-0.05, 0) is 36.6 Å². The highest BCUT2D eigenvalue weighted by Gasteiger charge is 2.48. The number of hydrogen-bond donors (Lipinski definition) is 0. The van der Waals surface area contributed by atoms with Gasteiger partial charge >= 0.3 is 0 Å². The van der Waals surface area contributed by atoms with E-state index in [0.717, 1.165) is 17.9 Å². The summed E-state index contributed by atoms with van der Waals surface area (Å²) >= 11 is 0. The lowest BCUT2D eigenvalue weighted by molar-refractivity contribution is -0.0461. The Morgan fingerprint density at radius 1 is 1.05 bits per heavy atom. The lowest BCUT2D eigenvalue weighted by Crippen LogP contribution is -2.46. The molecule has 1 aromatic carbocycles. The molecule has 0 saturated carbocycles. The fraction of sp³-hybridized carbons (Fsp3) is 0.474. The first-order valence-electron chi connectivity index (χ1n) is 7.65. The van der Waals surface area contributed by atoms with Crippen molar-refractivity contribution in [3.05, 3.63) is 42.0 Å². The molecule has 118 valence electrons. The van der Waals surface area contributed by atoms with E-state index in [2.05, 4.69) is 44.2 Å². The minimum atomic E-state index is -0.121. The van der Waals surface area contributed by atoms with Gasteiger partial charge in [0, 0.05) is 18.4 Å². The monoisotopic (exact) mass is 300 g/mol. The van der Waals surface area contributed by atoms with Gasteiger partial charge in [-0.15, -0.1) is 0 Å². The number of rotatable bonds is 4. The van der Waals surface area contributed by atoms with E-state index in [9.17, 15) is 0 Å². The third-order valence-corrected chi connectivity index (χ3v) is 5.22. The molecular formula is C19H24O3. The highest BCUT2D eigenvalue weighted by atomic mass is 16.5. The lowest BCUT2D eigenvalue weighted by Gasteiger charge is -2.50. The minimum absolute atomic E-state index is 0.0148. The van der Waals surface area contributed by atoms with Crippen molar-refractivity contribution >= 4 is 5.57 Å². The van der Waals surface area contributed by atoms with Gasteiger partial charge in [-0.1, -0.05) is 31.2 Å². The molecule has 0 amide bonds. The first-order valence-corrected chi connectivity index (χ1v) is 7.65. The van der Waals surface area contributed by atoms with Gasteiger partial charge < -0.3 is 14.2 Å². The van der Waals surface area contributed by atoms with Crippen LogP contribution < -0.4 is 9.47 Å². The van der Waals surface area contributed by atoms with Gasteiger partial charge in [-0.25, -0.2) is 0 Å². The Morgan fingerprint density at radius 3 is 2.36 bits per heavy atom. The predicted molar refractivity (Wildman–Crippen MR) is 88.3 cm³/mol. The summed E-state index contributed by atoms with van der Waals surface area (Å²) in [6, 6.07) is 6.14. The van der Waals surface area contributed by atoms with Gasteiger partial charge in [0.1, 0.15) is 0 Å². The van der Waals surface area contributed by atoms with Crippen molar-refractivity contribution in [1.82, 2.24) is 0 Å². The van der Waals surface area contributed by atoms with Crippen molar-refractivity contribution in [2.75, 3.05) is 21.3 Å². The molecule has 3 aliphatic carbocycles. The summed E-state index contributed by atoms with van der Waals surface area (Å²) in [5.41, 5.74) is 2.39. The molecule has 22 heavy (non-hydrogen) atoms. The lowest BCUT2D eigenvalue weighted by atomic mass is 9.59. The summed E-state index contributed by atoms with van der Waals surface area (Å²) in [6.45, 7) is 4.47. The van der Waals surface area contributed by atoms with Gasteiger partial charge in [0.05, 0.1) is 19.8 Å². The van der Waals surface area contributed by atoms with Gasteiger partial charge in [0.25, 0.3) is 0 Å². The fourth-order valence-corrected chi connectivity index (χ4v) is 3.85. The van der Waals surface area contributed by atoms with Crippen LogP contribution in [-0.2, 0) is 4.74 Å². The van der Waals surface area contributed by atoms with E-state index in [1.807, 2.05) is 13.2 Å². The first-order chi connectivity index (χ1) is 10.5. The summed E-state index contributed by atoms with van der Waals surface area (Å²) < 4.78 is 16.6. The summed E-state index contributed by atoms with van der Waals surface area (Å²) in [7, 11) is 5.14.